The van der Waals surface area contributed by atoms with E-state index in [0.717, 1.165) is 49.9 Å². The smallest absolute Gasteiger partial charge is 0.255 e. The molecule has 0 N–H and O–H groups in total. The van der Waals surface area contributed by atoms with Crippen LogP contribution in [0.25, 0.3) is 0 Å². The maximum absolute atomic E-state index is 12.6. The number of nitrogens with zero attached hydrogens (tertiary/aromatic N) is 3. The number of rotatable bonds is 2. The van der Waals surface area contributed by atoms with Crippen LogP contribution in [-0.4, -0.2) is 65.7 Å². The number of morpholine rings is 1. The van der Waals surface area contributed by atoms with Crippen molar-refractivity contribution in [1.29, 1.82) is 0 Å². The number of thioether (sulfide) groups is 1. The summed E-state index contributed by atoms with van der Waals surface area (Å²) in [5.74, 6) is 3.21. The van der Waals surface area contributed by atoms with Crippen LogP contribution in [0.1, 0.15) is 30.6 Å². The monoisotopic (exact) mass is 335 g/mol. The van der Waals surface area contributed by atoms with Gasteiger partial charge in [0.15, 0.2) is 0 Å². The summed E-state index contributed by atoms with van der Waals surface area (Å²) in [5.41, 5.74) is 0.690. The van der Waals surface area contributed by atoms with E-state index < -0.39 is 0 Å². The zero-order valence-electron chi connectivity index (χ0n) is 13.9. The van der Waals surface area contributed by atoms with Crippen molar-refractivity contribution in [2.45, 2.75) is 32.5 Å². The summed E-state index contributed by atoms with van der Waals surface area (Å²) in [6.07, 6.45) is 3.21. The Morgan fingerprint density at radius 3 is 2.70 bits per heavy atom. The van der Waals surface area contributed by atoms with Gasteiger partial charge in [0.1, 0.15) is 5.82 Å². The third-order valence-corrected chi connectivity index (χ3v) is 5.30. The highest BCUT2D eigenvalue weighted by molar-refractivity contribution is 7.99. The van der Waals surface area contributed by atoms with E-state index >= 15 is 0 Å². The van der Waals surface area contributed by atoms with Gasteiger partial charge in [0, 0.05) is 38.1 Å². The molecule has 2 saturated heterocycles. The lowest BCUT2D eigenvalue weighted by molar-refractivity contribution is -0.00546. The molecule has 2 atom stereocenters. The minimum absolute atomic E-state index is 0.107. The topological polar surface area (TPSA) is 45.7 Å². The average Bonchev–Trinajstić information content (AvgIpc) is 2.83. The number of amides is 1. The van der Waals surface area contributed by atoms with Crippen LogP contribution in [0.4, 0.5) is 5.82 Å². The van der Waals surface area contributed by atoms with Gasteiger partial charge < -0.3 is 14.5 Å². The Kier molecular flexibility index (Phi) is 5.43. The first-order chi connectivity index (χ1) is 11.1. The highest BCUT2D eigenvalue weighted by Crippen LogP contribution is 2.19. The zero-order chi connectivity index (χ0) is 16.2. The maximum Gasteiger partial charge on any atom is 0.255 e. The Labute approximate surface area is 142 Å². The van der Waals surface area contributed by atoms with Gasteiger partial charge >= 0.3 is 0 Å². The summed E-state index contributed by atoms with van der Waals surface area (Å²) in [6.45, 7) is 7.54. The third-order valence-electron chi connectivity index (χ3n) is 4.25. The van der Waals surface area contributed by atoms with E-state index in [1.807, 2.05) is 28.8 Å². The quantitative estimate of drug-likeness (QED) is 0.830. The van der Waals surface area contributed by atoms with Gasteiger partial charge in [-0.25, -0.2) is 4.98 Å². The van der Waals surface area contributed by atoms with E-state index in [9.17, 15) is 4.79 Å². The van der Waals surface area contributed by atoms with Gasteiger partial charge in [-0.2, -0.15) is 11.8 Å². The predicted molar refractivity (Wildman–Crippen MR) is 94.3 cm³/mol. The lowest BCUT2D eigenvalue weighted by Gasteiger charge is -2.36. The standard InChI is InChI=1S/C17H25N3O2S/c1-13-11-20(12-14(2)22-13)16-5-4-15(10-18-16)17(21)19-6-3-8-23-9-7-19/h4-5,10,13-14H,3,6-9,11-12H2,1-2H3/t13-,14-/m0/s1. The van der Waals surface area contributed by atoms with E-state index in [0.29, 0.717) is 5.56 Å². The van der Waals surface area contributed by atoms with Gasteiger partial charge in [0.05, 0.1) is 17.8 Å². The molecule has 5 nitrogen and oxygen atoms in total. The van der Waals surface area contributed by atoms with Crippen molar-refractivity contribution in [3.8, 4) is 0 Å². The number of carbonyl (C=O) groups is 1. The Balaban J connectivity index is 1.67. The molecule has 6 heteroatoms. The van der Waals surface area contributed by atoms with Crippen molar-refractivity contribution in [1.82, 2.24) is 9.88 Å². The average molecular weight is 335 g/mol. The maximum atomic E-state index is 12.6. The summed E-state index contributed by atoms with van der Waals surface area (Å²) in [7, 11) is 0. The van der Waals surface area contributed by atoms with Crippen molar-refractivity contribution in [2.24, 2.45) is 0 Å². The minimum atomic E-state index is 0.107. The molecule has 0 aliphatic carbocycles. The Morgan fingerprint density at radius 1 is 1.22 bits per heavy atom. The normalized spacial score (nSPS) is 26.0. The second-order valence-electron chi connectivity index (χ2n) is 6.33. The molecule has 0 unspecified atom stereocenters. The highest BCUT2D eigenvalue weighted by atomic mass is 32.2. The number of anilines is 1. The number of pyridine rings is 1. The fourth-order valence-electron chi connectivity index (χ4n) is 3.20. The number of hydrogen-bond donors (Lipinski definition) is 0. The second-order valence-corrected chi connectivity index (χ2v) is 7.55. The molecular formula is C17H25N3O2S. The van der Waals surface area contributed by atoms with Crippen molar-refractivity contribution in [3.05, 3.63) is 23.9 Å². The Bertz CT molecular complexity index is 519. The predicted octanol–water partition coefficient (Wildman–Crippen LogP) is 2.27. The number of aromatic nitrogens is 1. The molecule has 0 spiro atoms. The van der Waals surface area contributed by atoms with Crippen LogP contribution in [0.3, 0.4) is 0 Å². The van der Waals surface area contributed by atoms with E-state index in [1.54, 1.807) is 6.20 Å². The third kappa shape index (κ3) is 4.18. The van der Waals surface area contributed by atoms with Crippen LogP contribution < -0.4 is 4.90 Å². The second kappa shape index (κ2) is 7.53. The van der Waals surface area contributed by atoms with Crippen molar-refractivity contribution in [3.63, 3.8) is 0 Å². The summed E-state index contributed by atoms with van der Waals surface area (Å²) >= 11 is 1.93. The largest absolute Gasteiger partial charge is 0.372 e. The van der Waals surface area contributed by atoms with Gasteiger partial charge in [-0.15, -0.1) is 0 Å². The molecule has 2 fully saturated rings. The molecule has 126 valence electrons. The van der Waals surface area contributed by atoms with Crippen LogP contribution in [0.5, 0.6) is 0 Å². The lowest BCUT2D eigenvalue weighted by atomic mass is 10.2. The van der Waals surface area contributed by atoms with Crippen LogP contribution in [-0.2, 0) is 4.74 Å². The first-order valence-corrected chi connectivity index (χ1v) is 9.52. The van der Waals surface area contributed by atoms with Crippen molar-refractivity contribution in [2.75, 3.05) is 42.6 Å². The van der Waals surface area contributed by atoms with Crippen LogP contribution in [0, 0.1) is 0 Å². The Hall–Kier alpha value is -1.27. The zero-order valence-corrected chi connectivity index (χ0v) is 14.7. The van der Waals surface area contributed by atoms with Crippen molar-refractivity contribution >= 4 is 23.5 Å². The Morgan fingerprint density at radius 2 is 2.00 bits per heavy atom. The summed E-state index contributed by atoms with van der Waals surface area (Å²) < 4.78 is 5.76. The van der Waals surface area contributed by atoms with E-state index in [1.165, 1.54) is 0 Å². The fraction of sp³-hybridized carbons (Fsp3) is 0.647. The molecule has 1 aromatic rings. The molecular weight excluding hydrogens is 310 g/mol. The molecule has 1 amide bonds. The number of ether oxygens (including phenoxy) is 1. The summed E-state index contributed by atoms with van der Waals surface area (Å²) in [6, 6.07) is 3.87. The van der Waals surface area contributed by atoms with E-state index in [-0.39, 0.29) is 18.1 Å². The first kappa shape index (κ1) is 16.6. The molecule has 23 heavy (non-hydrogen) atoms. The van der Waals surface area contributed by atoms with Gasteiger partial charge in [0.25, 0.3) is 5.91 Å². The molecule has 0 saturated carbocycles. The van der Waals surface area contributed by atoms with Crippen molar-refractivity contribution < 1.29 is 9.53 Å². The van der Waals surface area contributed by atoms with Gasteiger partial charge in [-0.1, -0.05) is 0 Å². The fourth-order valence-corrected chi connectivity index (χ4v) is 4.08. The number of hydrogen-bond acceptors (Lipinski definition) is 5. The molecule has 0 radical (unpaired) electrons. The van der Waals surface area contributed by atoms with Crippen LogP contribution >= 0.6 is 11.8 Å². The van der Waals surface area contributed by atoms with Gasteiger partial charge in [-0.3, -0.25) is 4.79 Å². The highest BCUT2D eigenvalue weighted by Gasteiger charge is 2.24. The first-order valence-electron chi connectivity index (χ1n) is 8.37. The molecule has 0 aromatic carbocycles. The summed E-state index contributed by atoms with van der Waals surface area (Å²) in [4.78, 5) is 21.3. The summed E-state index contributed by atoms with van der Waals surface area (Å²) in [5, 5.41) is 0. The van der Waals surface area contributed by atoms with Crippen LogP contribution in [0.2, 0.25) is 0 Å². The SMILES string of the molecule is C[C@H]1CN(c2ccc(C(=O)N3CCCSCC3)cn2)C[C@H](C)O1. The van der Waals surface area contributed by atoms with E-state index in [4.69, 9.17) is 4.74 Å². The van der Waals surface area contributed by atoms with Crippen LogP contribution in [0.15, 0.2) is 18.3 Å². The number of carbonyl (C=O) groups excluding carboxylic acids is 1. The molecule has 2 aliphatic rings. The van der Waals surface area contributed by atoms with Gasteiger partial charge in [-0.05, 0) is 38.2 Å². The minimum Gasteiger partial charge on any atom is -0.372 e. The molecule has 3 rings (SSSR count). The molecule has 2 aliphatic heterocycles. The molecule has 0 bridgehead atoms. The van der Waals surface area contributed by atoms with E-state index in [2.05, 4.69) is 23.7 Å². The lowest BCUT2D eigenvalue weighted by Crippen LogP contribution is -2.45. The van der Waals surface area contributed by atoms with Gasteiger partial charge in [0.2, 0.25) is 0 Å². The molecule has 3 heterocycles. The molecule has 1 aromatic heterocycles.